The maximum absolute atomic E-state index is 12.3. The monoisotopic (exact) mass is 403 g/mol. The lowest BCUT2D eigenvalue weighted by Crippen LogP contribution is -2.13. The van der Waals surface area contributed by atoms with Gasteiger partial charge in [0.2, 0.25) is 0 Å². The molecular formula is C14H14INO3S. The van der Waals surface area contributed by atoms with Crippen molar-refractivity contribution in [1.82, 2.24) is 0 Å². The highest BCUT2D eigenvalue weighted by atomic mass is 127. The van der Waals surface area contributed by atoms with Crippen LogP contribution < -0.4 is 9.46 Å². The molecule has 20 heavy (non-hydrogen) atoms. The van der Waals surface area contributed by atoms with Crippen molar-refractivity contribution in [2.24, 2.45) is 0 Å². The molecular weight excluding hydrogens is 389 g/mol. The molecule has 106 valence electrons. The number of ether oxygens (including phenoxy) is 1. The Morgan fingerprint density at radius 2 is 1.75 bits per heavy atom. The van der Waals surface area contributed by atoms with Crippen LogP contribution in [0.5, 0.6) is 5.75 Å². The lowest BCUT2D eigenvalue weighted by molar-refractivity contribution is 0.342. The first kappa shape index (κ1) is 15.1. The average Bonchev–Trinajstić information content (AvgIpc) is 2.41. The first-order valence-electron chi connectivity index (χ1n) is 6.03. The van der Waals surface area contributed by atoms with Gasteiger partial charge < -0.3 is 4.74 Å². The Bertz CT molecular complexity index is 684. The predicted octanol–water partition coefficient (Wildman–Crippen LogP) is 3.49. The third-order valence-electron chi connectivity index (χ3n) is 2.56. The van der Waals surface area contributed by atoms with Crippen molar-refractivity contribution in [3.05, 3.63) is 52.1 Å². The van der Waals surface area contributed by atoms with Gasteiger partial charge in [-0.2, -0.15) is 0 Å². The Morgan fingerprint density at radius 1 is 1.10 bits per heavy atom. The number of para-hydroxylation sites is 2. The molecule has 0 radical (unpaired) electrons. The minimum Gasteiger partial charge on any atom is -0.492 e. The fourth-order valence-electron chi connectivity index (χ4n) is 1.65. The van der Waals surface area contributed by atoms with Crippen molar-refractivity contribution in [3.63, 3.8) is 0 Å². The van der Waals surface area contributed by atoms with Crippen LogP contribution in [-0.2, 0) is 10.0 Å². The molecule has 4 nitrogen and oxygen atoms in total. The zero-order chi connectivity index (χ0) is 14.6. The maximum atomic E-state index is 12.3. The zero-order valence-corrected chi connectivity index (χ0v) is 13.8. The van der Waals surface area contributed by atoms with E-state index in [1.165, 1.54) is 0 Å². The topological polar surface area (TPSA) is 55.4 Å². The third kappa shape index (κ3) is 3.63. The second kappa shape index (κ2) is 6.45. The van der Waals surface area contributed by atoms with Crippen LogP contribution in [0.15, 0.2) is 53.4 Å². The molecule has 1 N–H and O–H groups in total. The van der Waals surface area contributed by atoms with Crippen LogP contribution in [0.3, 0.4) is 0 Å². The van der Waals surface area contributed by atoms with E-state index in [0.29, 0.717) is 18.0 Å². The highest BCUT2D eigenvalue weighted by Gasteiger charge is 2.16. The van der Waals surface area contributed by atoms with Gasteiger partial charge in [-0.3, -0.25) is 4.72 Å². The second-order valence-electron chi connectivity index (χ2n) is 3.99. The van der Waals surface area contributed by atoms with E-state index in [4.69, 9.17) is 4.74 Å². The van der Waals surface area contributed by atoms with Crippen molar-refractivity contribution in [3.8, 4) is 5.75 Å². The fourth-order valence-corrected chi connectivity index (χ4v) is 3.08. The number of halogens is 1. The Hall–Kier alpha value is -1.28. The molecule has 2 rings (SSSR count). The van der Waals surface area contributed by atoms with Crippen molar-refractivity contribution >= 4 is 38.3 Å². The minimum absolute atomic E-state index is 0.226. The normalized spacial score (nSPS) is 11.1. The highest BCUT2D eigenvalue weighted by Crippen LogP contribution is 2.26. The Labute approximate surface area is 132 Å². The minimum atomic E-state index is -3.60. The van der Waals surface area contributed by atoms with E-state index < -0.39 is 10.0 Å². The summed E-state index contributed by atoms with van der Waals surface area (Å²) < 4.78 is 33.5. The van der Waals surface area contributed by atoms with E-state index in [9.17, 15) is 8.42 Å². The number of hydrogen-bond donors (Lipinski definition) is 1. The fraction of sp³-hybridized carbons (Fsp3) is 0.143. The summed E-state index contributed by atoms with van der Waals surface area (Å²) in [5.74, 6) is 0.518. The molecule has 0 atom stereocenters. The van der Waals surface area contributed by atoms with Gasteiger partial charge in [0.1, 0.15) is 5.75 Å². The second-order valence-corrected chi connectivity index (χ2v) is 6.92. The molecule has 0 aliphatic rings. The maximum Gasteiger partial charge on any atom is 0.262 e. The summed E-state index contributed by atoms with van der Waals surface area (Å²) >= 11 is 2.13. The van der Waals surface area contributed by atoms with Gasteiger partial charge in [-0.05, 0) is 65.9 Å². The van der Waals surface area contributed by atoms with Gasteiger partial charge in [0.25, 0.3) is 10.0 Å². The van der Waals surface area contributed by atoms with Crippen molar-refractivity contribution in [2.75, 3.05) is 11.3 Å². The van der Waals surface area contributed by atoms with Crippen LogP contribution >= 0.6 is 22.6 Å². The molecule has 0 unspecified atom stereocenters. The largest absolute Gasteiger partial charge is 0.492 e. The lowest BCUT2D eigenvalue weighted by atomic mass is 10.3. The predicted molar refractivity (Wildman–Crippen MR) is 87.6 cm³/mol. The average molecular weight is 403 g/mol. The molecule has 0 spiro atoms. The van der Waals surface area contributed by atoms with Crippen LogP contribution in [0.2, 0.25) is 0 Å². The SMILES string of the molecule is CCOc1ccccc1NS(=O)(=O)c1ccc(I)cc1. The summed E-state index contributed by atoms with van der Waals surface area (Å²) in [6.07, 6.45) is 0. The molecule has 0 bridgehead atoms. The molecule has 0 heterocycles. The van der Waals surface area contributed by atoms with Crippen molar-refractivity contribution in [1.29, 1.82) is 0 Å². The number of nitrogens with one attached hydrogen (secondary N) is 1. The van der Waals surface area contributed by atoms with E-state index >= 15 is 0 Å². The Kier molecular flexibility index (Phi) is 4.87. The highest BCUT2D eigenvalue weighted by molar-refractivity contribution is 14.1. The van der Waals surface area contributed by atoms with E-state index in [-0.39, 0.29) is 4.90 Å². The lowest BCUT2D eigenvalue weighted by Gasteiger charge is -2.12. The van der Waals surface area contributed by atoms with Gasteiger partial charge >= 0.3 is 0 Å². The van der Waals surface area contributed by atoms with Crippen LogP contribution in [0.25, 0.3) is 0 Å². The van der Waals surface area contributed by atoms with E-state index in [0.717, 1.165) is 3.57 Å². The summed E-state index contributed by atoms with van der Waals surface area (Å²) in [5.41, 5.74) is 0.438. The molecule has 0 aliphatic carbocycles. The molecule has 0 aliphatic heterocycles. The summed E-state index contributed by atoms with van der Waals surface area (Å²) in [5, 5.41) is 0. The molecule has 0 aromatic heterocycles. The quantitative estimate of drug-likeness (QED) is 0.778. The van der Waals surface area contributed by atoms with E-state index in [1.807, 2.05) is 6.92 Å². The molecule has 0 amide bonds. The number of sulfonamides is 1. The zero-order valence-electron chi connectivity index (χ0n) is 10.8. The van der Waals surface area contributed by atoms with Gasteiger partial charge in [0.05, 0.1) is 17.2 Å². The summed E-state index contributed by atoms with van der Waals surface area (Å²) in [6.45, 7) is 2.33. The van der Waals surface area contributed by atoms with Crippen molar-refractivity contribution < 1.29 is 13.2 Å². The first-order valence-corrected chi connectivity index (χ1v) is 8.59. The number of hydrogen-bond acceptors (Lipinski definition) is 3. The third-order valence-corrected chi connectivity index (χ3v) is 4.66. The number of benzene rings is 2. The molecule has 0 saturated carbocycles. The summed E-state index contributed by atoms with van der Waals surface area (Å²) in [4.78, 5) is 0.226. The van der Waals surface area contributed by atoms with Crippen LogP contribution in [0.4, 0.5) is 5.69 Å². The molecule has 2 aromatic rings. The van der Waals surface area contributed by atoms with Gasteiger partial charge in [0, 0.05) is 3.57 Å². The van der Waals surface area contributed by atoms with E-state index in [2.05, 4.69) is 27.3 Å². The van der Waals surface area contributed by atoms with E-state index in [1.54, 1.807) is 48.5 Å². The Morgan fingerprint density at radius 3 is 2.40 bits per heavy atom. The molecule has 0 fully saturated rings. The standard InChI is InChI=1S/C14H14INO3S/c1-2-19-14-6-4-3-5-13(14)16-20(17,18)12-9-7-11(15)8-10-12/h3-10,16H,2H2,1H3. The van der Waals surface area contributed by atoms with Gasteiger partial charge in [0.15, 0.2) is 0 Å². The Balaban J connectivity index is 2.31. The van der Waals surface area contributed by atoms with Crippen LogP contribution in [0, 0.1) is 3.57 Å². The van der Waals surface area contributed by atoms with Crippen LogP contribution in [0.1, 0.15) is 6.92 Å². The van der Waals surface area contributed by atoms with Gasteiger partial charge in [-0.1, -0.05) is 12.1 Å². The molecule has 0 saturated heterocycles. The molecule has 6 heteroatoms. The van der Waals surface area contributed by atoms with Crippen LogP contribution in [-0.4, -0.2) is 15.0 Å². The molecule has 2 aromatic carbocycles. The van der Waals surface area contributed by atoms with Gasteiger partial charge in [-0.15, -0.1) is 0 Å². The van der Waals surface area contributed by atoms with Crippen molar-refractivity contribution in [2.45, 2.75) is 11.8 Å². The summed E-state index contributed by atoms with van der Waals surface area (Å²) in [6, 6.07) is 13.6. The summed E-state index contributed by atoms with van der Waals surface area (Å²) in [7, 11) is -3.60. The first-order chi connectivity index (χ1) is 9.53. The number of anilines is 1. The number of rotatable bonds is 5. The van der Waals surface area contributed by atoms with Gasteiger partial charge in [-0.25, -0.2) is 8.42 Å². The smallest absolute Gasteiger partial charge is 0.262 e.